The Morgan fingerprint density at radius 2 is 1.81 bits per heavy atom. The Labute approximate surface area is 189 Å². The van der Waals surface area contributed by atoms with Crippen LogP contribution < -0.4 is 15.8 Å². The largest absolute Gasteiger partial charge is 0.493 e. The van der Waals surface area contributed by atoms with Crippen LogP contribution in [0, 0.1) is 0 Å². The molecular weight excluding hydrogens is 424 g/mol. The highest BCUT2D eigenvalue weighted by Crippen LogP contribution is 2.23. The first-order chi connectivity index (χ1) is 15.6. The molecule has 0 radical (unpaired) electrons. The van der Waals surface area contributed by atoms with Gasteiger partial charge in [0, 0.05) is 34.3 Å². The second-order valence-corrected chi connectivity index (χ2v) is 8.10. The summed E-state index contributed by atoms with van der Waals surface area (Å²) in [6.45, 7) is 0.225. The van der Waals surface area contributed by atoms with Crippen molar-refractivity contribution in [2.75, 3.05) is 11.9 Å². The van der Waals surface area contributed by atoms with Crippen molar-refractivity contribution in [1.29, 1.82) is 0 Å². The maximum Gasteiger partial charge on any atom is 0.255 e. The number of ether oxygens (including phenoxy) is 1. The number of imidazole rings is 1. The fraction of sp³-hybridized carbons (Fsp3) is 0.125. The molecule has 7 nitrogen and oxygen atoms in total. The van der Waals surface area contributed by atoms with E-state index in [-0.39, 0.29) is 18.9 Å². The molecule has 0 aliphatic rings. The zero-order valence-corrected chi connectivity index (χ0v) is 18.0. The van der Waals surface area contributed by atoms with Crippen molar-refractivity contribution >= 4 is 34.9 Å². The number of carbonyl (C=O) groups is 2. The van der Waals surface area contributed by atoms with Crippen molar-refractivity contribution in [1.82, 2.24) is 9.38 Å². The van der Waals surface area contributed by atoms with E-state index in [0.717, 1.165) is 22.0 Å². The van der Waals surface area contributed by atoms with Crippen LogP contribution in [0.3, 0.4) is 0 Å². The molecular formula is C24H22N4O3S. The van der Waals surface area contributed by atoms with Gasteiger partial charge in [0.1, 0.15) is 11.4 Å². The van der Waals surface area contributed by atoms with E-state index in [1.165, 1.54) is 0 Å². The number of thioether (sulfide) groups is 1. The molecule has 2 aromatic carbocycles. The number of pyridine rings is 1. The Balaban J connectivity index is 1.29. The summed E-state index contributed by atoms with van der Waals surface area (Å²) < 4.78 is 7.43. The molecule has 0 aliphatic heterocycles. The summed E-state index contributed by atoms with van der Waals surface area (Å²) in [4.78, 5) is 28.9. The lowest BCUT2D eigenvalue weighted by atomic mass is 10.2. The lowest BCUT2D eigenvalue weighted by molar-refractivity contribution is -0.118. The van der Waals surface area contributed by atoms with Crippen molar-refractivity contribution < 1.29 is 14.3 Å². The predicted octanol–water partition coefficient (Wildman–Crippen LogP) is 4.13. The van der Waals surface area contributed by atoms with Crippen LogP contribution in [0.4, 0.5) is 5.69 Å². The van der Waals surface area contributed by atoms with E-state index in [2.05, 4.69) is 10.3 Å². The number of amides is 2. The number of fused-ring (bicyclic) bond motifs is 1. The van der Waals surface area contributed by atoms with Crippen LogP contribution in [0.25, 0.3) is 5.65 Å². The lowest BCUT2D eigenvalue weighted by Crippen LogP contribution is -2.14. The van der Waals surface area contributed by atoms with Gasteiger partial charge in [-0.25, -0.2) is 4.98 Å². The summed E-state index contributed by atoms with van der Waals surface area (Å²) in [5.74, 6) is 0.759. The maximum absolute atomic E-state index is 12.5. The highest BCUT2D eigenvalue weighted by Gasteiger charge is 2.08. The van der Waals surface area contributed by atoms with Crippen molar-refractivity contribution in [2.45, 2.75) is 17.1 Å². The van der Waals surface area contributed by atoms with Crippen LogP contribution in [0.5, 0.6) is 5.75 Å². The number of hydrogen-bond acceptors (Lipinski definition) is 5. The molecule has 0 bridgehead atoms. The van der Waals surface area contributed by atoms with Crippen molar-refractivity contribution in [3.63, 3.8) is 0 Å². The molecule has 8 heteroatoms. The number of aromatic nitrogens is 2. The SMILES string of the molecule is NC(=O)CCOc1ccc(NC(=O)c2ccc(SCc3cn4ccccc4n3)cc2)cc1. The molecule has 2 aromatic heterocycles. The van der Waals surface area contributed by atoms with Crippen molar-refractivity contribution in [2.24, 2.45) is 5.73 Å². The fourth-order valence-corrected chi connectivity index (χ4v) is 3.81. The highest BCUT2D eigenvalue weighted by atomic mass is 32.2. The average molecular weight is 447 g/mol. The fourth-order valence-electron chi connectivity index (χ4n) is 3.02. The first kappa shape index (κ1) is 21.5. The number of anilines is 1. The highest BCUT2D eigenvalue weighted by molar-refractivity contribution is 7.98. The third-order valence-corrected chi connectivity index (χ3v) is 5.69. The van der Waals surface area contributed by atoms with E-state index in [1.807, 2.05) is 59.3 Å². The third kappa shape index (κ3) is 5.67. The first-order valence-corrected chi connectivity index (χ1v) is 11.0. The molecule has 2 amide bonds. The van der Waals surface area contributed by atoms with Crippen LogP contribution in [0.2, 0.25) is 0 Å². The Hall–Kier alpha value is -3.78. The summed E-state index contributed by atoms with van der Waals surface area (Å²) in [5, 5.41) is 2.86. The van der Waals surface area contributed by atoms with Crippen LogP contribution in [0.15, 0.2) is 84.0 Å². The minimum Gasteiger partial charge on any atom is -0.493 e. The quantitative estimate of drug-likeness (QED) is 0.377. The van der Waals surface area contributed by atoms with E-state index in [1.54, 1.807) is 36.0 Å². The normalized spacial score (nSPS) is 10.8. The maximum atomic E-state index is 12.5. The monoisotopic (exact) mass is 446 g/mol. The summed E-state index contributed by atoms with van der Waals surface area (Å²) in [7, 11) is 0. The van der Waals surface area contributed by atoms with Gasteiger partial charge in [-0.15, -0.1) is 11.8 Å². The summed E-state index contributed by atoms with van der Waals surface area (Å²) in [6.07, 6.45) is 4.17. The van der Waals surface area contributed by atoms with E-state index >= 15 is 0 Å². The molecule has 0 fully saturated rings. The van der Waals surface area contributed by atoms with Gasteiger partial charge in [-0.2, -0.15) is 0 Å². The first-order valence-electron chi connectivity index (χ1n) is 10.0. The van der Waals surface area contributed by atoms with Gasteiger partial charge in [-0.1, -0.05) is 6.07 Å². The third-order valence-electron chi connectivity index (χ3n) is 4.65. The van der Waals surface area contributed by atoms with Gasteiger partial charge in [0.25, 0.3) is 5.91 Å². The Morgan fingerprint density at radius 1 is 1.03 bits per heavy atom. The van der Waals surface area contributed by atoms with Crippen LogP contribution in [0.1, 0.15) is 22.5 Å². The number of carbonyl (C=O) groups excluding carboxylic acids is 2. The molecule has 32 heavy (non-hydrogen) atoms. The minimum absolute atomic E-state index is 0.158. The smallest absolute Gasteiger partial charge is 0.255 e. The van der Waals surface area contributed by atoms with Gasteiger partial charge in [0.15, 0.2) is 0 Å². The Kier molecular flexibility index (Phi) is 6.72. The zero-order valence-electron chi connectivity index (χ0n) is 17.2. The van der Waals surface area contributed by atoms with E-state index < -0.39 is 5.91 Å². The Bertz CT molecular complexity index is 1190. The molecule has 4 rings (SSSR count). The molecule has 0 saturated carbocycles. The number of nitrogens with two attached hydrogens (primary N) is 1. The predicted molar refractivity (Wildman–Crippen MR) is 125 cm³/mol. The average Bonchev–Trinajstić information content (AvgIpc) is 3.22. The standard InChI is InChI=1S/C24H22N4O3S/c25-22(29)12-14-31-20-8-6-18(7-9-20)27-24(30)17-4-10-21(11-5-17)32-16-19-15-28-13-2-1-3-23(28)26-19/h1-11,13,15H,12,14,16H2,(H2,25,29)(H,27,30). The summed E-state index contributed by atoms with van der Waals surface area (Å²) in [5.41, 5.74) is 8.25. The molecule has 0 spiro atoms. The molecule has 0 aliphatic carbocycles. The summed E-state index contributed by atoms with van der Waals surface area (Å²) >= 11 is 1.67. The second kappa shape index (κ2) is 10.0. The number of nitrogens with zero attached hydrogens (tertiary/aromatic N) is 2. The topological polar surface area (TPSA) is 98.7 Å². The van der Waals surface area contributed by atoms with E-state index in [4.69, 9.17) is 10.5 Å². The molecule has 0 unspecified atom stereocenters. The Morgan fingerprint density at radius 3 is 2.53 bits per heavy atom. The summed E-state index contributed by atoms with van der Waals surface area (Å²) in [6, 6.07) is 20.4. The number of hydrogen-bond donors (Lipinski definition) is 2. The van der Waals surface area contributed by atoms with Gasteiger partial charge < -0.3 is 20.2 Å². The van der Waals surface area contributed by atoms with Crippen LogP contribution >= 0.6 is 11.8 Å². The van der Waals surface area contributed by atoms with Gasteiger partial charge >= 0.3 is 0 Å². The molecule has 2 heterocycles. The molecule has 3 N–H and O–H groups in total. The van der Waals surface area contributed by atoms with Crippen LogP contribution in [-0.2, 0) is 10.5 Å². The molecule has 0 atom stereocenters. The van der Waals surface area contributed by atoms with E-state index in [9.17, 15) is 9.59 Å². The van der Waals surface area contributed by atoms with Crippen molar-refractivity contribution in [3.05, 3.63) is 90.4 Å². The van der Waals surface area contributed by atoms with Gasteiger partial charge in [-0.05, 0) is 60.7 Å². The van der Waals surface area contributed by atoms with Gasteiger partial charge in [0.2, 0.25) is 5.91 Å². The number of primary amides is 1. The number of benzene rings is 2. The molecule has 162 valence electrons. The van der Waals surface area contributed by atoms with Gasteiger partial charge in [-0.3, -0.25) is 9.59 Å². The lowest BCUT2D eigenvalue weighted by Gasteiger charge is -2.08. The van der Waals surface area contributed by atoms with Crippen LogP contribution in [-0.4, -0.2) is 27.8 Å². The van der Waals surface area contributed by atoms with Crippen molar-refractivity contribution in [3.8, 4) is 5.75 Å². The van der Waals surface area contributed by atoms with E-state index in [0.29, 0.717) is 17.0 Å². The molecule has 0 saturated heterocycles. The number of rotatable bonds is 9. The van der Waals surface area contributed by atoms with Gasteiger partial charge in [0.05, 0.1) is 18.7 Å². The minimum atomic E-state index is -0.409. The molecule has 4 aromatic rings. The zero-order chi connectivity index (χ0) is 22.3. The second-order valence-electron chi connectivity index (χ2n) is 7.05. The number of nitrogens with one attached hydrogen (secondary N) is 1.